The third-order valence-electron chi connectivity index (χ3n) is 2.37. The Morgan fingerprint density at radius 2 is 1.94 bits per heavy atom. The normalized spacial score (nSPS) is 10.1. The molecule has 0 amide bonds. The van der Waals surface area contributed by atoms with E-state index in [2.05, 4.69) is 10.3 Å². The van der Waals surface area contributed by atoms with Crippen LogP contribution in [0.3, 0.4) is 0 Å². The van der Waals surface area contributed by atoms with Crippen LogP contribution in [0.15, 0.2) is 42.6 Å². The summed E-state index contributed by atoms with van der Waals surface area (Å²) in [7, 11) is 0. The molecule has 1 aromatic carbocycles. The molecule has 6 heteroatoms. The minimum Gasteiger partial charge on any atom is -0.380 e. The highest BCUT2D eigenvalue weighted by molar-refractivity contribution is 5.41. The lowest BCUT2D eigenvalue weighted by molar-refractivity contribution is -0.384. The molecule has 5 nitrogen and oxygen atoms in total. The number of hydrogen-bond donors (Lipinski definition) is 1. The molecule has 0 saturated heterocycles. The molecule has 0 aliphatic rings. The summed E-state index contributed by atoms with van der Waals surface area (Å²) >= 11 is 0. The van der Waals surface area contributed by atoms with Crippen LogP contribution in [0.25, 0.3) is 0 Å². The van der Waals surface area contributed by atoms with Crippen LogP contribution in [0.4, 0.5) is 15.8 Å². The highest BCUT2D eigenvalue weighted by Gasteiger charge is 2.03. The van der Waals surface area contributed by atoms with Gasteiger partial charge in [-0.15, -0.1) is 0 Å². The number of benzene rings is 1. The molecule has 2 rings (SSSR count). The van der Waals surface area contributed by atoms with E-state index >= 15 is 0 Å². The first kappa shape index (κ1) is 12.0. The largest absolute Gasteiger partial charge is 0.380 e. The van der Waals surface area contributed by atoms with Gasteiger partial charge in [-0.2, -0.15) is 4.39 Å². The van der Waals surface area contributed by atoms with E-state index in [-0.39, 0.29) is 5.69 Å². The van der Waals surface area contributed by atoms with Gasteiger partial charge in [-0.25, -0.2) is 4.98 Å². The summed E-state index contributed by atoms with van der Waals surface area (Å²) in [5.41, 5.74) is 1.64. The third-order valence-corrected chi connectivity index (χ3v) is 2.37. The second-order valence-electron chi connectivity index (χ2n) is 3.65. The number of nitro benzene ring substituents is 1. The van der Waals surface area contributed by atoms with Crippen LogP contribution >= 0.6 is 0 Å². The minimum absolute atomic E-state index is 0.0576. The monoisotopic (exact) mass is 247 g/mol. The Balaban J connectivity index is 1.97. The van der Waals surface area contributed by atoms with Crippen molar-refractivity contribution in [3.63, 3.8) is 0 Å². The van der Waals surface area contributed by atoms with E-state index in [1.54, 1.807) is 18.2 Å². The van der Waals surface area contributed by atoms with Gasteiger partial charge in [-0.3, -0.25) is 10.1 Å². The molecule has 1 heterocycles. The van der Waals surface area contributed by atoms with Crippen LogP contribution in [-0.4, -0.2) is 9.91 Å². The molecular formula is C12H10FN3O2. The van der Waals surface area contributed by atoms with Crippen LogP contribution in [0.2, 0.25) is 0 Å². The van der Waals surface area contributed by atoms with E-state index in [9.17, 15) is 14.5 Å². The zero-order valence-corrected chi connectivity index (χ0v) is 9.34. The number of anilines is 1. The zero-order chi connectivity index (χ0) is 13.0. The number of pyridine rings is 1. The first-order valence-corrected chi connectivity index (χ1v) is 5.24. The number of aromatic nitrogens is 1. The molecule has 0 aliphatic carbocycles. The van der Waals surface area contributed by atoms with E-state index in [1.165, 1.54) is 24.4 Å². The maximum absolute atomic E-state index is 12.6. The predicted octanol–water partition coefficient (Wildman–Crippen LogP) is 2.74. The summed E-state index contributed by atoms with van der Waals surface area (Å²) in [5, 5.41) is 13.5. The van der Waals surface area contributed by atoms with Crippen molar-refractivity contribution in [3.8, 4) is 0 Å². The summed E-state index contributed by atoms with van der Waals surface area (Å²) < 4.78 is 12.6. The Morgan fingerprint density at radius 1 is 1.22 bits per heavy atom. The molecule has 1 aromatic heterocycles. The Kier molecular flexibility index (Phi) is 3.47. The summed E-state index contributed by atoms with van der Waals surface area (Å²) in [6.07, 6.45) is 1.39. The van der Waals surface area contributed by atoms with Gasteiger partial charge in [0.25, 0.3) is 5.69 Å². The number of non-ortho nitro benzene ring substituents is 1. The average molecular weight is 247 g/mol. The van der Waals surface area contributed by atoms with Crippen LogP contribution in [0.5, 0.6) is 0 Å². The Morgan fingerprint density at radius 3 is 2.50 bits per heavy atom. The standard InChI is InChI=1S/C12H10FN3O2/c13-12-6-3-10(8-15-12)14-7-9-1-4-11(5-2-9)16(17)18/h1-6,8,14H,7H2. The Hall–Kier alpha value is -2.50. The van der Waals surface area contributed by atoms with E-state index < -0.39 is 10.9 Å². The van der Waals surface area contributed by atoms with Gasteiger partial charge in [0, 0.05) is 18.7 Å². The van der Waals surface area contributed by atoms with Gasteiger partial charge < -0.3 is 5.32 Å². The van der Waals surface area contributed by atoms with Crippen LogP contribution < -0.4 is 5.32 Å². The number of halogens is 1. The number of nitrogens with one attached hydrogen (secondary N) is 1. The lowest BCUT2D eigenvalue weighted by atomic mass is 10.2. The first-order chi connectivity index (χ1) is 8.65. The Bertz CT molecular complexity index is 540. The van der Waals surface area contributed by atoms with Crippen molar-refractivity contribution in [3.05, 3.63) is 64.2 Å². The second kappa shape index (κ2) is 5.22. The highest BCUT2D eigenvalue weighted by Crippen LogP contribution is 2.13. The minimum atomic E-state index is -0.532. The van der Waals surface area contributed by atoms with Crippen molar-refractivity contribution in [2.45, 2.75) is 6.54 Å². The third kappa shape index (κ3) is 3.00. The first-order valence-electron chi connectivity index (χ1n) is 5.24. The van der Waals surface area contributed by atoms with Gasteiger partial charge in [-0.05, 0) is 17.7 Å². The fraction of sp³-hybridized carbons (Fsp3) is 0.0833. The summed E-state index contributed by atoms with van der Waals surface area (Å²) in [6.45, 7) is 0.491. The van der Waals surface area contributed by atoms with E-state index in [4.69, 9.17) is 0 Å². The molecule has 2 aromatic rings. The zero-order valence-electron chi connectivity index (χ0n) is 9.34. The molecule has 0 spiro atoms. The van der Waals surface area contributed by atoms with Gasteiger partial charge in [0.15, 0.2) is 0 Å². The van der Waals surface area contributed by atoms with E-state index in [0.29, 0.717) is 12.2 Å². The molecule has 1 N–H and O–H groups in total. The van der Waals surface area contributed by atoms with Crippen LogP contribution in [0.1, 0.15) is 5.56 Å². The van der Waals surface area contributed by atoms with Crippen molar-refractivity contribution < 1.29 is 9.31 Å². The molecule has 0 aliphatic heterocycles. The highest BCUT2D eigenvalue weighted by atomic mass is 19.1. The number of nitro groups is 1. The van der Waals surface area contributed by atoms with Gasteiger partial charge in [0.05, 0.1) is 16.8 Å². The van der Waals surface area contributed by atoms with Gasteiger partial charge in [-0.1, -0.05) is 12.1 Å². The van der Waals surface area contributed by atoms with E-state index in [0.717, 1.165) is 5.56 Å². The summed E-state index contributed by atoms with van der Waals surface area (Å²) in [4.78, 5) is 13.5. The van der Waals surface area contributed by atoms with Crippen molar-refractivity contribution in [2.75, 3.05) is 5.32 Å². The van der Waals surface area contributed by atoms with Crippen molar-refractivity contribution in [2.24, 2.45) is 0 Å². The molecule has 0 radical (unpaired) electrons. The van der Waals surface area contributed by atoms with Gasteiger partial charge in [0.1, 0.15) is 0 Å². The van der Waals surface area contributed by atoms with Gasteiger partial charge >= 0.3 is 0 Å². The molecule has 0 fully saturated rings. The molecular weight excluding hydrogens is 237 g/mol. The van der Waals surface area contributed by atoms with Crippen LogP contribution in [-0.2, 0) is 6.54 Å². The predicted molar refractivity (Wildman–Crippen MR) is 64.6 cm³/mol. The molecule has 0 saturated carbocycles. The fourth-order valence-corrected chi connectivity index (χ4v) is 1.42. The summed E-state index contributed by atoms with van der Waals surface area (Å²) in [5.74, 6) is -0.532. The SMILES string of the molecule is O=[N+]([O-])c1ccc(CNc2ccc(F)nc2)cc1. The quantitative estimate of drug-likeness (QED) is 0.512. The molecule has 18 heavy (non-hydrogen) atoms. The van der Waals surface area contributed by atoms with Crippen molar-refractivity contribution in [1.29, 1.82) is 0 Å². The van der Waals surface area contributed by atoms with Crippen molar-refractivity contribution in [1.82, 2.24) is 4.98 Å². The summed E-state index contributed by atoms with van der Waals surface area (Å²) in [6, 6.07) is 9.07. The van der Waals surface area contributed by atoms with Gasteiger partial charge in [0.2, 0.25) is 5.95 Å². The molecule has 0 atom stereocenters. The lowest BCUT2D eigenvalue weighted by Gasteiger charge is -2.05. The lowest BCUT2D eigenvalue weighted by Crippen LogP contribution is -2.00. The fourth-order valence-electron chi connectivity index (χ4n) is 1.42. The number of hydrogen-bond acceptors (Lipinski definition) is 4. The smallest absolute Gasteiger partial charge is 0.269 e. The van der Waals surface area contributed by atoms with E-state index in [1.807, 2.05) is 0 Å². The van der Waals surface area contributed by atoms with Crippen LogP contribution in [0, 0.1) is 16.1 Å². The Labute approximate surface area is 102 Å². The van der Waals surface area contributed by atoms with Crippen molar-refractivity contribution >= 4 is 11.4 Å². The molecule has 92 valence electrons. The maximum Gasteiger partial charge on any atom is 0.269 e. The number of nitrogens with zero attached hydrogens (tertiary/aromatic N) is 2. The molecule has 0 unspecified atom stereocenters. The average Bonchev–Trinajstić information content (AvgIpc) is 2.38. The molecule has 0 bridgehead atoms. The number of rotatable bonds is 4. The maximum atomic E-state index is 12.6. The second-order valence-corrected chi connectivity index (χ2v) is 3.65. The topological polar surface area (TPSA) is 68.1 Å².